The average Bonchev–Trinajstić information content (AvgIpc) is 3.30. The fourth-order valence-electron chi connectivity index (χ4n) is 5.21. The second-order valence-corrected chi connectivity index (χ2v) is 17.0. The SMILES string of the molecule is CC(C)OC(=O)[C@H](C)NP(=O)(OC[C@H]1O[C@@H](n2ccc(=O)[nH]c2=O)C(F)(F)[C@]1(C)COP(=O)(N[C@@H](C)C(=O)OC(C)C)Oc1ccccc1)Oc1ccccc1. The smallest absolute Gasteiger partial charge is 0.459 e. The molecule has 1 fully saturated rings. The van der Waals surface area contributed by atoms with Crippen LogP contribution in [-0.2, 0) is 42.0 Å². The van der Waals surface area contributed by atoms with E-state index in [1.54, 1.807) is 64.1 Å². The number of carbonyl (C=O) groups is 2. The van der Waals surface area contributed by atoms with E-state index in [-0.39, 0.29) is 11.5 Å². The molecule has 17 nitrogen and oxygen atoms in total. The van der Waals surface area contributed by atoms with Crippen LogP contribution in [0, 0.1) is 5.41 Å². The third-order valence-corrected chi connectivity index (χ3v) is 11.4. The maximum atomic E-state index is 16.9. The molecule has 21 heteroatoms. The second kappa shape index (κ2) is 18.4. The molecule has 7 atom stereocenters. The Morgan fingerprint density at radius 3 is 1.71 bits per heavy atom. The summed E-state index contributed by atoms with van der Waals surface area (Å²) in [6.45, 7) is 7.84. The highest BCUT2D eigenvalue weighted by molar-refractivity contribution is 7.52. The summed E-state index contributed by atoms with van der Waals surface area (Å²) >= 11 is 0. The summed E-state index contributed by atoms with van der Waals surface area (Å²) < 4.78 is 102. The standard InChI is InChI=1S/C35H46F2N4O13P2/c1-22(2)50-30(43)24(5)39-55(46,53-26-14-10-8-11-15-26)48-20-28-34(7,35(36,37)32(52-28)41-19-18-29(42)38-33(41)45)21-49-56(47,54-27-16-12-9-13-17-27)40-25(6)31(44)51-23(3)4/h8-19,22-25,28,32H,20-21H2,1-7H3,(H,39,46)(H,40,47)(H,38,42,45)/t24-,25-,28+,32+,34+,55?,56?/m0/s1. The summed E-state index contributed by atoms with van der Waals surface area (Å²) in [6, 6.07) is 13.4. The molecule has 0 amide bonds. The zero-order valence-electron chi connectivity index (χ0n) is 31.7. The topological polar surface area (TPSA) is 212 Å². The zero-order valence-corrected chi connectivity index (χ0v) is 33.5. The molecule has 1 aromatic heterocycles. The lowest BCUT2D eigenvalue weighted by Crippen LogP contribution is -2.50. The van der Waals surface area contributed by atoms with Crippen molar-refractivity contribution in [1.29, 1.82) is 0 Å². The highest BCUT2D eigenvalue weighted by Gasteiger charge is 2.69. The van der Waals surface area contributed by atoms with E-state index in [0.717, 1.165) is 19.2 Å². The van der Waals surface area contributed by atoms with E-state index >= 15 is 8.78 Å². The lowest BCUT2D eigenvalue weighted by Gasteiger charge is -2.36. The van der Waals surface area contributed by atoms with Crippen molar-refractivity contribution in [2.75, 3.05) is 13.2 Å². The third-order valence-electron chi connectivity index (χ3n) is 8.16. The van der Waals surface area contributed by atoms with Gasteiger partial charge in [0.2, 0.25) is 6.23 Å². The molecule has 2 heterocycles. The molecule has 0 bridgehead atoms. The molecule has 0 radical (unpaired) electrons. The molecule has 0 saturated carbocycles. The van der Waals surface area contributed by atoms with Gasteiger partial charge in [0.15, 0.2) is 0 Å². The summed E-state index contributed by atoms with van der Waals surface area (Å²) in [5.74, 6) is -5.79. The van der Waals surface area contributed by atoms with Crippen LogP contribution in [0.5, 0.6) is 11.5 Å². The summed E-state index contributed by atoms with van der Waals surface area (Å²) in [6.07, 6.45) is -4.58. The normalized spacial score (nSPS) is 22.4. The van der Waals surface area contributed by atoms with Crippen LogP contribution in [-0.4, -0.2) is 71.0 Å². The number of halogens is 2. The van der Waals surface area contributed by atoms with Crippen LogP contribution < -0.4 is 30.5 Å². The van der Waals surface area contributed by atoms with Gasteiger partial charge in [-0.1, -0.05) is 36.4 Å². The van der Waals surface area contributed by atoms with Crippen molar-refractivity contribution in [3.05, 3.63) is 93.8 Å². The van der Waals surface area contributed by atoms with Gasteiger partial charge in [-0.25, -0.2) is 22.7 Å². The van der Waals surface area contributed by atoms with Gasteiger partial charge in [-0.3, -0.25) is 33.0 Å². The predicted molar refractivity (Wildman–Crippen MR) is 197 cm³/mol. The molecule has 1 aliphatic rings. The number of carbonyl (C=O) groups excluding carboxylic acids is 2. The maximum Gasteiger partial charge on any atom is 0.459 e. The van der Waals surface area contributed by atoms with E-state index < -0.39 is 99.9 Å². The molecule has 4 rings (SSSR count). The molecular formula is C35H46F2N4O13P2. The van der Waals surface area contributed by atoms with Crippen LogP contribution in [0.4, 0.5) is 8.78 Å². The number of benzene rings is 2. The van der Waals surface area contributed by atoms with Crippen molar-refractivity contribution in [1.82, 2.24) is 19.7 Å². The van der Waals surface area contributed by atoms with E-state index in [4.69, 9.17) is 32.3 Å². The van der Waals surface area contributed by atoms with Crippen molar-refractivity contribution in [3.8, 4) is 11.5 Å². The van der Waals surface area contributed by atoms with Crippen LogP contribution in [0.25, 0.3) is 0 Å². The molecule has 0 spiro atoms. The Morgan fingerprint density at radius 2 is 1.27 bits per heavy atom. The monoisotopic (exact) mass is 830 g/mol. The Hall–Kier alpha value is -4.22. The van der Waals surface area contributed by atoms with E-state index in [2.05, 4.69) is 10.2 Å². The number of H-pyrrole nitrogens is 1. The minimum atomic E-state index is -4.76. The molecule has 3 N–H and O–H groups in total. The lowest BCUT2D eigenvalue weighted by atomic mass is 9.80. The largest absolute Gasteiger partial charge is 0.462 e. The number of esters is 2. The van der Waals surface area contributed by atoms with Gasteiger partial charge in [-0.2, -0.15) is 10.2 Å². The van der Waals surface area contributed by atoms with Crippen LogP contribution >= 0.6 is 15.5 Å². The molecular weight excluding hydrogens is 784 g/mol. The fraction of sp³-hybridized carbons (Fsp3) is 0.486. The maximum absolute atomic E-state index is 16.9. The number of nitrogens with one attached hydrogen (secondary N) is 3. The Kier molecular flexibility index (Phi) is 14.6. The summed E-state index contributed by atoms with van der Waals surface area (Å²) in [7, 11) is -9.43. The van der Waals surface area contributed by atoms with Crippen molar-refractivity contribution in [3.63, 3.8) is 0 Å². The number of hydrogen-bond donors (Lipinski definition) is 3. The van der Waals surface area contributed by atoms with Gasteiger partial charge < -0.3 is 23.3 Å². The highest BCUT2D eigenvalue weighted by Crippen LogP contribution is 2.58. The van der Waals surface area contributed by atoms with Gasteiger partial charge in [0.1, 0.15) is 23.6 Å². The number of aromatic amines is 1. The number of ether oxygens (including phenoxy) is 3. The highest BCUT2D eigenvalue weighted by atomic mass is 31.2. The van der Waals surface area contributed by atoms with Crippen LogP contribution in [0.15, 0.2) is 82.5 Å². The van der Waals surface area contributed by atoms with Crippen molar-refractivity contribution in [2.45, 2.75) is 91.0 Å². The first-order chi connectivity index (χ1) is 26.2. The molecule has 56 heavy (non-hydrogen) atoms. The van der Waals surface area contributed by atoms with Crippen molar-refractivity contribution < 1.29 is 59.8 Å². The average molecular weight is 831 g/mol. The quantitative estimate of drug-likeness (QED) is 0.103. The molecule has 0 aliphatic carbocycles. The number of alkyl halides is 2. The Morgan fingerprint density at radius 1 is 0.804 bits per heavy atom. The first-order valence-electron chi connectivity index (χ1n) is 17.5. The minimum absolute atomic E-state index is 0.0138. The van der Waals surface area contributed by atoms with Crippen molar-refractivity contribution >= 4 is 27.4 Å². The molecule has 2 aromatic carbocycles. The summed E-state index contributed by atoms with van der Waals surface area (Å²) in [4.78, 5) is 51.9. The number of rotatable bonds is 19. The van der Waals surface area contributed by atoms with Gasteiger partial charge in [0.25, 0.3) is 5.56 Å². The molecule has 3 aromatic rings. The lowest BCUT2D eigenvalue weighted by molar-refractivity contribution is -0.153. The minimum Gasteiger partial charge on any atom is -0.462 e. The zero-order chi connectivity index (χ0) is 41.5. The van der Waals surface area contributed by atoms with Gasteiger partial charge in [0.05, 0.1) is 36.9 Å². The van der Waals surface area contributed by atoms with Crippen LogP contribution in [0.1, 0.15) is 54.7 Å². The number of hydrogen-bond acceptors (Lipinski definition) is 13. The summed E-state index contributed by atoms with van der Waals surface area (Å²) in [5.41, 5.74) is -4.74. The summed E-state index contributed by atoms with van der Waals surface area (Å²) in [5, 5.41) is 4.88. The second-order valence-electron chi connectivity index (χ2n) is 13.6. The van der Waals surface area contributed by atoms with E-state index in [0.29, 0.717) is 4.57 Å². The molecule has 1 aliphatic heterocycles. The first kappa shape index (κ1) is 44.5. The Balaban J connectivity index is 1.73. The first-order valence-corrected chi connectivity index (χ1v) is 20.6. The Bertz CT molecular complexity index is 2020. The number of aromatic nitrogens is 2. The number of para-hydroxylation sites is 2. The van der Waals surface area contributed by atoms with Crippen LogP contribution in [0.2, 0.25) is 0 Å². The molecule has 308 valence electrons. The van der Waals surface area contributed by atoms with Gasteiger partial charge in [-0.05, 0) is 72.7 Å². The Labute approximate surface area is 321 Å². The van der Waals surface area contributed by atoms with Gasteiger partial charge in [0, 0.05) is 12.3 Å². The van der Waals surface area contributed by atoms with E-state index in [1.807, 2.05) is 4.98 Å². The molecule has 2 unspecified atom stereocenters. The van der Waals surface area contributed by atoms with E-state index in [9.17, 15) is 28.3 Å². The predicted octanol–water partition coefficient (Wildman–Crippen LogP) is 5.34. The molecule has 1 saturated heterocycles. The number of nitrogens with zero attached hydrogens (tertiary/aromatic N) is 1. The third kappa shape index (κ3) is 11.2. The fourth-order valence-corrected chi connectivity index (χ4v) is 8.29. The van der Waals surface area contributed by atoms with Gasteiger partial charge >= 0.3 is 39.0 Å². The van der Waals surface area contributed by atoms with E-state index in [1.165, 1.54) is 38.1 Å². The van der Waals surface area contributed by atoms with Gasteiger partial charge in [-0.15, -0.1) is 0 Å². The van der Waals surface area contributed by atoms with Crippen LogP contribution in [0.3, 0.4) is 0 Å². The van der Waals surface area contributed by atoms with Crippen molar-refractivity contribution in [2.24, 2.45) is 5.41 Å².